The van der Waals surface area contributed by atoms with Crippen molar-refractivity contribution in [3.63, 3.8) is 0 Å². The van der Waals surface area contributed by atoms with Crippen molar-refractivity contribution in [3.05, 3.63) is 0 Å². The number of aliphatic hydroxyl groups excluding tert-OH is 1. The number of carbonyl (C=O) groups is 1. The summed E-state index contributed by atoms with van der Waals surface area (Å²) >= 11 is 0. The number of alkyl halides is 2. The molecule has 4 nitrogen and oxygen atoms in total. The van der Waals surface area contributed by atoms with E-state index >= 15 is 0 Å². The van der Waals surface area contributed by atoms with Crippen LogP contribution in [0.25, 0.3) is 0 Å². The van der Waals surface area contributed by atoms with Crippen LogP contribution >= 0.6 is 0 Å². The van der Waals surface area contributed by atoms with Crippen molar-refractivity contribution in [1.82, 2.24) is 5.32 Å². The summed E-state index contributed by atoms with van der Waals surface area (Å²) in [5.41, 5.74) is 4.80. The van der Waals surface area contributed by atoms with Crippen LogP contribution in [0.5, 0.6) is 0 Å². The monoisotopic (exact) mass is 182 g/mol. The van der Waals surface area contributed by atoms with Gasteiger partial charge in [0.15, 0.2) is 0 Å². The minimum absolute atomic E-state index is 0.705. The van der Waals surface area contributed by atoms with Crippen LogP contribution in [-0.4, -0.2) is 36.1 Å². The number of halogens is 2. The average molecular weight is 182 g/mol. The van der Waals surface area contributed by atoms with Crippen molar-refractivity contribution in [1.29, 1.82) is 0 Å². The highest BCUT2D eigenvalue weighted by Gasteiger charge is 2.28. The van der Waals surface area contributed by atoms with Gasteiger partial charge in [-0.15, -0.1) is 0 Å². The molecule has 12 heavy (non-hydrogen) atoms. The molecule has 72 valence electrons. The molecular weight excluding hydrogens is 170 g/mol. The van der Waals surface area contributed by atoms with Crippen LogP contribution in [0.15, 0.2) is 0 Å². The van der Waals surface area contributed by atoms with Crippen molar-refractivity contribution in [2.45, 2.75) is 18.9 Å². The van der Waals surface area contributed by atoms with E-state index in [9.17, 15) is 13.6 Å². The van der Waals surface area contributed by atoms with E-state index in [0.717, 1.165) is 0 Å². The van der Waals surface area contributed by atoms with E-state index in [-0.39, 0.29) is 0 Å². The molecule has 0 aromatic heterocycles. The molecular formula is C6H12F2N2O2. The Labute approximate surface area is 68.7 Å². The highest BCUT2D eigenvalue weighted by molar-refractivity contribution is 5.79. The number of hydrogen-bond acceptors (Lipinski definition) is 3. The molecule has 0 bridgehead atoms. The first-order chi connectivity index (χ1) is 5.39. The lowest BCUT2D eigenvalue weighted by molar-refractivity contribution is -0.120. The van der Waals surface area contributed by atoms with E-state index in [1.165, 1.54) is 6.92 Å². The van der Waals surface area contributed by atoms with Crippen LogP contribution in [0.2, 0.25) is 0 Å². The fraction of sp³-hybridized carbons (Fsp3) is 0.833. The largest absolute Gasteiger partial charge is 0.390 e. The van der Waals surface area contributed by atoms with Gasteiger partial charge in [0.05, 0.1) is 12.6 Å². The van der Waals surface area contributed by atoms with E-state index in [1.54, 1.807) is 0 Å². The number of rotatable bonds is 5. The van der Waals surface area contributed by atoms with Crippen molar-refractivity contribution >= 4 is 5.91 Å². The first-order valence-electron chi connectivity index (χ1n) is 3.40. The molecule has 0 heterocycles. The second kappa shape index (κ2) is 4.32. The quantitative estimate of drug-likeness (QED) is 0.514. The lowest BCUT2D eigenvalue weighted by atomic mass is 10.3. The number of amides is 1. The van der Waals surface area contributed by atoms with Gasteiger partial charge in [0.2, 0.25) is 5.91 Å². The minimum atomic E-state index is -3.20. The maximum Gasteiger partial charge on any atom is 0.282 e. The van der Waals surface area contributed by atoms with Crippen molar-refractivity contribution in [3.8, 4) is 0 Å². The summed E-state index contributed by atoms with van der Waals surface area (Å²) in [5, 5.41) is 10.3. The Morgan fingerprint density at radius 2 is 2.25 bits per heavy atom. The zero-order valence-corrected chi connectivity index (χ0v) is 6.68. The lowest BCUT2D eigenvalue weighted by Gasteiger charge is -2.16. The SMILES string of the molecule is CC(NCC(F)(F)CO)C(N)=O. The first kappa shape index (κ1) is 11.2. The van der Waals surface area contributed by atoms with Crippen LogP contribution in [0.4, 0.5) is 8.78 Å². The summed E-state index contributed by atoms with van der Waals surface area (Å²) < 4.78 is 24.6. The Hall–Kier alpha value is -0.750. The van der Waals surface area contributed by atoms with Gasteiger partial charge >= 0.3 is 0 Å². The molecule has 0 radical (unpaired) electrons. The minimum Gasteiger partial charge on any atom is -0.390 e. The normalized spacial score (nSPS) is 14.3. The first-order valence-corrected chi connectivity index (χ1v) is 3.40. The molecule has 0 saturated heterocycles. The fourth-order valence-corrected chi connectivity index (χ4v) is 0.459. The van der Waals surface area contributed by atoms with Crippen LogP contribution in [0, 0.1) is 0 Å². The molecule has 0 aromatic rings. The molecule has 1 atom stereocenters. The second-order valence-corrected chi connectivity index (χ2v) is 2.52. The third-order valence-corrected chi connectivity index (χ3v) is 1.32. The number of carbonyl (C=O) groups excluding carboxylic acids is 1. The molecule has 0 spiro atoms. The number of aliphatic hydroxyl groups is 1. The molecule has 0 fully saturated rings. The smallest absolute Gasteiger partial charge is 0.282 e. The Bertz CT molecular complexity index is 164. The van der Waals surface area contributed by atoms with E-state index in [0.29, 0.717) is 0 Å². The van der Waals surface area contributed by atoms with Gasteiger partial charge in [-0.3, -0.25) is 4.79 Å². The molecule has 0 rings (SSSR count). The average Bonchev–Trinajstić information content (AvgIpc) is 2.00. The summed E-state index contributed by atoms with van der Waals surface area (Å²) in [4.78, 5) is 10.4. The van der Waals surface area contributed by atoms with Gasteiger partial charge in [-0.1, -0.05) is 0 Å². The van der Waals surface area contributed by atoms with E-state index in [1.807, 2.05) is 0 Å². The van der Waals surface area contributed by atoms with Gasteiger partial charge in [0.1, 0.15) is 6.61 Å². The van der Waals surface area contributed by atoms with Gasteiger partial charge in [-0.2, -0.15) is 0 Å². The predicted molar refractivity (Wildman–Crippen MR) is 38.7 cm³/mol. The van der Waals surface area contributed by atoms with Crippen LogP contribution in [0.3, 0.4) is 0 Å². The predicted octanol–water partition coefficient (Wildman–Crippen LogP) is -0.923. The van der Waals surface area contributed by atoms with Crippen molar-refractivity contribution < 1.29 is 18.7 Å². The highest BCUT2D eigenvalue weighted by Crippen LogP contribution is 2.09. The molecule has 0 aromatic carbocycles. The maximum absolute atomic E-state index is 12.3. The zero-order valence-electron chi connectivity index (χ0n) is 6.68. The fourth-order valence-electron chi connectivity index (χ4n) is 0.459. The summed E-state index contributed by atoms with van der Waals surface area (Å²) in [6, 6.07) is -0.817. The molecule has 6 heteroatoms. The Kier molecular flexibility index (Phi) is 4.05. The molecule has 0 aliphatic heterocycles. The van der Waals surface area contributed by atoms with Crippen molar-refractivity contribution in [2.75, 3.05) is 13.2 Å². The van der Waals surface area contributed by atoms with Crippen LogP contribution in [-0.2, 0) is 4.79 Å². The van der Waals surface area contributed by atoms with Crippen LogP contribution in [0.1, 0.15) is 6.92 Å². The number of hydrogen-bond donors (Lipinski definition) is 3. The second-order valence-electron chi connectivity index (χ2n) is 2.52. The third-order valence-electron chi connectivity index (χ3n) is 1.32. The number of nitrogens with one attached hydrogen (secondary N) is 1. The van der Waals surface area contributed by atoms with Gasteiger partial charge in [-0.25, -0.2) is 8.78 Å². The van der Waals surface area contributed by atoms with Gasteiger partial charge in [-0.05, 0) is 6.92 Å². The lowest BCUT2D eigenvalue weighted by Crippen LogP contribution is -2.45. The topological polar surface area (TPSA) is 75.3 Å². The van der Waals surface area contributed by atoms with E-state index < -0.39 is 31.0 Å². The molecule has 1 amide bonds. The Morgan fingerprint density at radius 3 is 2.58 bits per heavy atom. The summed E-state index contributed by atoms with van der Waals surface area (Å²) in [6.45, 7) is -0.630. The third kappa shape index (κ3) is 4.20. The van der Waals surface area contributed by atoms with Crippen LogP contribution < -0.4 is 11.1 Å². The standard InChI is InChI=1S/C6H12F2N2O2/c1-4(5(9)12)10-2-6(7,8)3-11/h4,10-11H,2-3H2,1H3,(H2,9,12). The highest BCUT2D eigenvalue weighted by atomic mass is 19.3. The molecule has 1 unspecified atom stereocenters. The molecule has 0 aliphatic carbocycles. The van der Waals surface area contributed by atoms with E-state index in [2.05, 4.69) is 5.32 Å². The number of primary amides is 1. The molecule has 0 aliphatic rings. The zero-order chi connectivity index (χ0) is 9.78. The Balaban J connectivity index is 3.75. The van der Waals surface area contributed by atoms with Gasteiger partial charge in [0.25, 0.3) is 5.92 Å². The maximum atomic E-state index is 12.3. The summed E-state index contributed by atoms with van der Waals surface area (Å²) in [7, 11) is 0. The summed E-state index contributed by atoms with van der Waals surface area (Å²) in [5.74, 6) is -3.91. The summed E-state index contributed by atoms with van der Waals surface area (Å²) in [6.07, 6.45) is 0. The number of nitrogens with two attached hydrogens (primary N) is 1. The molecule has 4 N–H and O–H groups in total. The van der Waals surface area contributed by atoms with Crippen molar-refractivity contribution in [2.24, 2.45) is 5.73 Å². The van der Waals surface area contributed by atoms with E-state index in [4.69, 9.17) is 10.8 Å². The Morgan fingerprint density at radius 1 is 1.75 bits per heavy atom. The molecule has 0 saturated carbocycles. The van der Waals surface area contributed by atoms with Gasteiger partial charge < -0.3 is 16.2 Å². The van der Waals surface area contributed by atoms with Gasteiger partial charge in [0, 0.05) is 0 Å².